The van der Waals surface area contributed by atoms with Crippen LogP contribution in [0.15, 0.2) is 42.7 Å². The molecule has 0 saturated carbocycles. The summed E-state index contributed by atoms with van der Waals surface area (Å²) in [5, 5.41) is 8.48. The zero-order valence-electron chi connectivity index (χ0n) is 19.1. The zero-order valence-corrected chi connectivity index (χ0v) is 19.1. The molecule has 8 nitrogen and oxygen atoms in total. The number of hydrogen-bond acceptors (Lipinski definition) is 7. The van der Waals surface area contributed by atoms with Gasteiger partial charge in [0.25, 0.3) is 0 Å². The Morgan fingerprint density at radius 1 is 1.12 bits per heavy atom. The topological polar surface area (TPSA) is 86.5 Å². The molecule has 8 heteroatoms. The first-order valence-corrected chi connectivity index (χ1v) is 10.7. The molecule has 0 radical (unpaired) electrons. The van der Waals surface area contributed by atoms with Gasteiger partial charge in [-0.1, -0.05) is 13.8 Å². The number of ether oxygens (including phenoxy) is 2. The van der Waals surface area contributed by atoms with Gasteiger partial charge in [0.1, 0.15) is 11.3 Å². The highest BCUT2D eigenvalue weighted by Crippen LogP contribution is 2.33. The van der Waals surface area contributed by atoms with E-state index in [0.717, 1.165) is 39.5 Å². The van der Waals surface area contributed by atoms with Crippen molar-refractivity contribution in [3.63, 3.8) is 0 Å². The molecule has 0 unspecified atom stereocenters. The second-order valence-electron chi connectivity index (χ2n) is 7.75. The summed E-state index contributed by atoms with van der Waals surface area (Å²) < 4.78 is 12.9. The van der Waals surface area contributed by atoms with Gasteiger partial charge in [-0.3, -0.25) is 0 Å². The van der Waals surface area contributed by atoms with Crippen LogP contribution in [0.3, 0.4) is 0 Å². The molecule has 0 aliphatic rings. The quantitative estimate of drug-likeness (QED) is 0.434. The second kappa shape index (κ2) is 9.21. The van der Waals surface area contributed by atoms with Crippen LogP contribution in [0.25, 0.3) is 16.8 Å². The largest absolute Gasteiger partial charge is 0.481 e. The molecule has 0 bridgehead atoms. The van der Waals surface area contributed by atoms with Crippen molar-refractivity contribution < 1.29 is 9.47 Å². The second-order valence-corrected chi connectivity index (χ2v) is 7.75. The maximum Gasteiger partial charge on any atom is 0.222 e. The number of nitrogens with zero attached hydrogens (tertiary/aromatic N) is 5. The zero-order chi connectivity index (χ0) is 22.7. The van der Waals surface area contributed by atoms with E-state index in [1.54, 1.807) is 19.5 Å². The van der Waals surface area contributed by atoms with E-state index in [0.29, 0.717) is 24.9 Å². The van der Waals surface area contributed by atoms with Crippen molar-refractivity contribution in [2.45, 2.75) is 40.2 Å². The van der Waals surface area contributed by atoms with E-state index in [9.17, 15) is 0 Å². The van der Waals surface area contributed by atoms with Gasteiger partial charge in [-0.05, 0) is 49.6 Å². The Bertz CT molecular complexity index is 1230. The molecule has 0 aliphatic carbocycles. The number of hydrogen-bond donors (Lipinski definition) is 1. The standard InChI is InChI=1S/C24H28N6O2/c1-6-32-24-18(8-7-10-26-24)19-13-20(27-14-17-9-11-25-21(12-17)31-5)23-22(15(2)3)28-16(4)30(23)29-19/h7-13,15,27H,6,14H2,1-5H3. The third-order valence-electron chi connectivity index (χ3n) is 5.15. The Morgan fingerprint density at radius 2 is 1.97 bits per heavy atom. The number of aryl methyl sites for hydroxylation is 1. The fraction of sp³-hybridized carbons (Fsp3) is 0.333. The van der Waals surface area contributed by atoms with Crippen LogP contribution in [0.2, 0.25) is 0 Å². The van der Waals surface area contributed by atoms with E-state index in [2.05, 4.69) is 29.1 Å². The predicted octanol–water partition coefficient (Wildman–Crippen LogP) is 4.64. The van der Waals surface area contributed by atoms with Crippen LogP contribution in [0.4, 0.5) is 5.69 Å². The fourth-order valence-electron chi connectivity index (χ4n) is 3.64. The molecular weight excluding hydrogens is 404 g/mol. The van der Waals surface area contributed by atoms with Gasteiger partial charge in [0, 0.05) is 25.0 Å². The minimum Gasteiger partial charge on any atom is -0.481 e. The summed E-state index contributed by atoms with van der Waals surface area (Å²) in [5.74, 6) is 2.24. The molecule has 4 rings (SSSR count). The molecule has 0 atom stereocenters. The van der Waals surface area contributed by atoms with E-state index in [1.165, 1.54) is 0 Å². The van der Waals surface area contributed by atoms with E-state index >= 15 is 0 Å². The summed E-state index contributed by atoms with van der Waals surface area (Å²) in [6.45, 7) is 9.33. The van der Waals surface area contributed by atoms with Crippen molar-refractivity contribution in [3.05, 3.63) is 59.8 Å². The highest BCUT2D eigenvalue weighted by Gasteiger charge is 2.20. The summed E-state index contributed by atoms with van der Waals surface area (Å²) in [6, 6.07) is 9.79. The normalized spacial score (nSPS) is 11.2. The number of pyridine rings is 2. The molecule has 0 saturated heterocycles. The lowest BCUT2D eigenvalue weighted by atomic mass is 10.1. The molecule has 0 amide bonds. The highest BCUT2D eigenvalue weighted by molar-refractivity contribution is 5.80. The first kappa shape index (κ1) is 21.5. The van der Waals surface area contributed by atoms with Crippen molar-refractivity contribution >= 4 is 11.2 Å². The van der Waals surface area contributed by atoms with Crippen LogP contribution in [0.1, 0.15) is 43.8 Å². The van der Waals surface area contributed by atoms with Gasteiger partial charge in [0.05, 0.1) is 36.4 Å². The Morgan fingerprint density at radius 3 is 2.72 bits per heavy atom. The number of nitrogens with one attached hydrogen (secondary N) is 1. The third kappa shape index (κ3) is 4.21. The van der Waals surface area contributed by atoms with Crippen LogP contribution in [0, 0.1) is 6.92 Å². The van der Waals surface area contributed by atoms with Gasteiger partial charge >= 0.3 is 0 Å². The number of fused-ring (bicyclic) bond motifs is 1. The average molecular weight is 433 g/mol. The van der Waals surface area contributed by atoms with Crippen molar-refractivity contribution in [1.82, 2.24) is 24.6 Å². The van der Waals surface area contributed by atoms with Crippen molar-refractivity contribution in [1.29, 1.82) is 0 Å². The lowest BCUT2D eigenvalue weighted by Crippen LogP contribution is -2.07. The van der Waals surface area contributed by atoms with Gasteiger partial charge in [0.15, 0.2) is 0 Å². The van der Waals surface area contributed by atoms with E-state index in [4.69, 9.17) is 19.6 Å². The van der Waals surface area contributed by atoms with Gasteiger partial charge in [0.2, 0.25) is 11.8 Å². The molecule has 4 aromatic heterocycles. The van der Waals surface area contributed by atoms with Gasteiger partial charge in [-0.25, -0.2) is 19.5 Å². The Kier molecular flexibility index (Phi) is 6.20. The third-order valence-corrected chi connectivity index (χ3v) is 5.15. The predicted molar refractivity (Wildman–Crippen MR) is 124 cm³/mol. The molecule has 0 aliphatic heterocycles. The summed E-state index contributed by atoms with van der Waals surface area (Å²) in [6.07, 6.45) is 3.47. The SMILES string of the molecule is CCOc1ncccc1-c1cc(NCc2ccnc(OC)c2)c2c(C(C)C)nc(C)n2n1. The molecule has 4 aromatic rings. The summed E-state index contributed by atoms with van der Waals surface area (Å²) in [4.78, 5) is 13.4. The van der Waals surface area contributed by atoms with Crippen LogP contribution in [-0.4, -0.2) is 38.3 Å². The van der Waals surface area contributed by atoms with E-state index in [-0.39, 0.29) is 5.92 Å². The smallest absolute Gasteiger partial charge is 0.222 e. The van der Waals surface area contributed by atoms with Crippen molar-refractivity contribution in [2.24, 2.45) is 0 Å². The fourth-order valence-corrected chi connectivity index (χ4v) is 3.64. The number of anilines is 1. The summed E-state index contributed by atoms with van der Waals surface area (Å²) in [5.41, 5.74) is 5.59. The molecule has 32 heavy (non-hydrogen) atoms. The molecule has 4 heterocycles. The maximum absolute atomic E-state index is 5.75. The monoisotopic (exact) mass is 432 g/mol. The molecule has 0 fully saturated rings. The summed E-state index contributed by atoms with van der Waals surface area (Å²) >= 11 is 0. The molecular formula is C24H28N6O2. The van der Waals surface area contributed by atoms with Crippen LogP contribution >= 0.6 is 0 Å². The average Bonchev–Trinajstić information content (AvgIpc) is 3.15. The van der Waals surface area contributed by atoms with Crippen LogP contribution in [0.5, 0.6) is 11.8 Å². The van der Waals surface area contributed by atoms with E-state index < -0.39 is 0 Å². The lowest BCUT2D eigenvalue weighted by molar-refractivity contribution is 0.328. The van der Waals surface area contributed by atoms with Crippen molar-refractivity contribution in [3.8, 4) is 23.0 Å². The Balaban J connectivity index is 1.83. The molecule has 0 spiro atoms. The molecule has 166 valence electrons. The first-order chi connectivity index (χ1) is 15.5. The summed E-state index contributed by atoms with van der Waals surface area (Å²) in [7, 11) is 1.62. The number of methoxy groups -OCH3 is 1. The Labute approximate surface area is 187 Å². The van der Waals surface area contributed by atoms with Gasteiger partial charge in [-0.15, -0.1) is 0 Å². The number of rotatable bonds is 8. The first-order valence-electron chi connectivity index (χ1n) is 10.7. The highest BCUT2D eigenvalue weighted by atomic mass is 16.5. The number of aromatic nitrogens is 5. The number of imidazole rings is 1. The molecule has 0 aromatic carbocycles. The van der Waals surface area contributed by atoms with Gasteiger partial charge in [-0.2, -0.15) is 5.10 Å². The maximum atomic E-state index is 5.75. The van der Waals surface area contributed by atoms with Crippen LogP contribution in [-0.2, 0) is 6.54 Å². The minimum atomic E-state index is 0.255. The van der Waals surface area contributed by atoms with Crippen molar-refractivity contribution in [2.75, 3.05) is 19.0 Å². The minimum absolute atomic E-state index is 0.255. The van der Waals surface area contributed by atoms with E-state index in [1.807, 2.05) is 48.7 Å². The lowest BCUT2D eigenvalue weighted by Gasteiger charge is -2.14. The molecule has 1 N–H and O–H groups in total. The van der Waals surface area contributed by atoms with Gasteiger partial charge < -0.3 is 14.8 Å². The van der Waals surface area contributed by atoms with Crippen LogP contribution < -0.4 is 14.8 Å². The Hall–Kier alpha value is -3.68.